The van der Waals surface area contributed by atoms with Gasteiger partial charge < -0.3 is 9.73 Å². The van der Waals surface area contributed by atoms with E-state index < -0.39 is 0 Å². The van der Waals surface area contributed by atoms with Gasteiger partial charge in [0.15, 0.2) is 0 Å². The van der Waals surface area contributed by atoms with Gasteiger partial charge in [0.25, 0.3) is 0 Å². The summed E-state index contributed by atoms with van der Waals surface area (Å²) < 4.78 is 7.34. The third-order valence-corrected chi connectivity index (χ3v) is 4.38. The largest absolute Gasteiger partial charge is 0.468 e. The van der Waals surface area contributed by atoms with E-state index in [-0.39, 0.29) is 12.5 Å². The molecule has 0 aromatic carbocycles. The van der Waals surface area contributed by atoms with Crippen molar-refractivity contribution in [1.82, 2.24) is 19.7 Å². The molecule has 0 aliphatic carbocycles. The van der Waals surface area contributed by atoms with Gasteiger partial charge in [-0.05, 0) is 45.0 Å². The Bertz CT molecular complexity index is 871. The summed E-state index contributed by atoms with van der Waals surface area (Å²) in [5.41, 5.74) is 3.48. The molecule has 0 aliphatic rings. The number of furan rings is 1. The van der Waals surface area contributed by atoms with E-state index in [2.05, 4.69) is 15.4 Å². The minimum absolute atomic E-state index is 0.0839. The maximum absolute atomic E-state index is 12.7. The molecule has 0 spiro atoms. The van der Waals surface area contributed by atoms with Crippen LogP contribution in [0, 0.1) is 13.8 Å². The first kappa shape index (κ1) is 18.8. The van der Waals surface area contributed by atoms with Gasteiger partial charge >= 0.3 is 0 Å². The van der Waals surface area contributed by atoms with Crippen molar-refractivity contribution in [3.63, 3.8) is 0 Å². The highest BCUT2D eigenvalue weighted by Gasteiger charge is 2.17. The average molecular weight is 367 g/mol. The maximum Gasteiger partial charge on any atom is 0.238 e. The van der Waals surface area contributed by atoms with Crippen molar-refractivity contribution < 1.29 is 9.21 Å². The standard InChI is InChI=1S/C20H25N5O2/c1-4-25-16(3)20(15(2)23-25)22-19(26)14-24(13-18-9-7-11-27-18)12-17-8-5-6-10-21-17/h5-11H,4,12-14H2,1-3H3,(H,22,26). The summed E-state index contributed by atoms with van der Waals surface area (Å²) in [4.78, 5) is 19.1. The van der Waals surface area contributed by atoms with Crippen LogP contribution in [0.3, 0.4) is 0 Å². The lowest BCUT2D eigenvalue weighted by Gasteiger charge is -2.20. The molecule has 3 aromatic rings. The number of hydrogen-bond acceptors (Lipinski definition) is 5. The lowest BCUT2D eigenvalue weighted by Crippen LogP contribution is -2.33. The fraction of sp³-hybridized carbons (Fsp3) is 0.350. The zero-order valence-electron chi connectivity index (χ0n) is 16.0. The van der Waals surface area contributed by atoms with Gasteiger partial charge in [0.2, 0.25) is 5.91 Å². The Balaban J connectivity index is 1.71. The lowest BCUT2D eigenvalue weighted by atomic mass is 10.3. The number of carbonyl (C=O) groups excluding carboxylic acids is 1. The van der Waals surface area contributed by atoms with Crippen LogP contribution in [0.15, 0.2) is 47.2 Å². The fourth-order valence-electron chi connectivity index (χ4n) is 3.08. The van der Waals surface area contributed by atoms with Crippen LogP contribution < -0.4 is 5.32 Å². The lowest BCUT2D eigenvalue weighted by molar-refractivity contribution is -0.117. The van der Waals surface area contributed by atoms with Gasteiger partial charge in [-0.1, -0.05) is 6.07 Å². The van der Waals surface area contributed by atoms with Gasteiger partial charge in [0.05, 0.1) is 42.1 Å². The molecule has 142 valence electrons. The first-order valence-electron chi connectivity index (χ1n) is 9.05. The first-order valence-corrected chi connectivity index (χ1v) is 9.05. The highest BCUT2D eigenvalue weighted by atomic mass is 16.3. The molecule has 0 aliphatic heterocycles. The van der Waals surface area contributed by atoms with Gasteiger partial charge in [0.1, 0.15) is 5.76 Å². The smallest absolute Gasteiger partial charge is 0.238 e. The second kappa shape index (κ2) is 8.64. The summed E-state index contributed by atoms with van der Waals surface area (Å²) in [5.74, 6) is 0.726. The molecule has 0 saturated heterocycles. The van der Waals surface area contributed by atoms with Crippen LogP contribution in [0.2, 0.25) is 0 Å². The minimum atomic E-state index is -0.0839. The molecule has 1 N–H and O–H groups in total. The van der Waals surface area contributed by atoms with E-state index >= 15 is 0 Å². The van der Waals surface area contributed by atoms with Crippen LogP contribution in [0.4, 0.5) is 5.69 Å². The first-order chi connectivity index (χ1) is 13.1. The molecule has 0 bridgehead atoms. The summed E-state index contributed by atoms with van der Waals surface area (Å²) in [6, 6.07) is 9.53. The van der Waals surface area contributed by atoms with E-state index in [9.17, 15) is 4.79 Å². The second-order valence-electron chi connectivity index (χ2n) is 6.46. The van der Waals surface area contributed by atoms with Crippen LogP contribution in [0.25, 0.3) is 0 Å². The Morgan fingerprint density at radius 2 is 2.07 bits per heavy atom. The predicted octanol–water partition coefficient (Wildman–Crippen LogP) is 3.15. The third kappa shape index (κ3) is 4.83. The number of hydrogen-bond donors (Lipinski definition) is 1. The monoisotopic (exact) mass is 367 g/mol. The number of rotatable bonds is 8. The highest BCUT2D eigenvalue weighted by Crippen LogP contribution is 2.19. The van der Waals surface area contributed by atoms with Crippen molar-refractivity contribution in [2.45, 2.75) is 40.4 Å². The average Bonchev–Trinajstić information content (AvgIpc) is 3.25. The predicted molar refractivity (Wildman–Crippen MR) is 103 cm³/mol. The van der Waals surface area contributed by atoms with Gasteiger partial charge in [-0.2, -0.15) is 5.10 Å². The van der Waals surface area contributed by atoms with Crippen LogP contribution in [-0.2, 0) is 24.4 Å². The molecular formula is C20H25N5O2. The van der Waals surface area contributed by atoms with Crippen LogP contribution >= 0.6 is 0 Å². The Hall–Kier alpha value is -2.93. The number of nitrogens with one attached hydrogen (secondary N) is 1. The number of amides is 1. The quantitative estimate of drug-likeness (QED) is 0.662. The van der Waals surface area contributed by atoms with E-state index in [1.807, 2.05) is 60.7 Å². The van der Waals surface area contributed by atoms with E-state index in [1.54, 1.807) is 12.5 Å². The van der Waals surface area contributed by atoms with Gasteiger partial charge in [-0.3, -0.25) is 19.4 Å². The van der Waals surface area contributed by atoms with Crippen molar-refractivity contribution in [3.8, 4) is 0 Å². The highest BCUT2D eigenvalue weighted by molar-refractivity contribution is 5.93. The van der Waals surface area contributed by atoms with Crippen molar-refractivity contribution >= 4 is 11.6 Å². The molecule has 0 fully saturated rings. The molecule has 7 heteroatoms. The van der Waals surface area contributed by atoms with Crippen molar-refractivity contribution in [2.75, 3.05) is 11.9 Å². The van der Waals surface area contributed by atoms with Gasteiger partial charge in [-0.15, -0.1) is 0 Å². The zero-order chi connectivity index (χ0) is 19.2. The molecular weight excluding hydrogens is 342 g/mol. The topological polar surface area (TPSA) is 76.2 Å². The molecule has 3 heterocycles. The third-order valence-electron chi connectivity index (χ3n) is 4.38. The molecule has 3 aromatic heterocycles. The minimum Gasteiger partial charge on any atom is -0.468 e. The Labute approximate surface area is 159 Å². The van der Waals surface area contributed by atoms with E-state index in [0.717, 1.165) is 35.1 Å². The summed E-state index contributed by atoms with van der Waals surface area (Å²) in [6.07, 6.45) is 3.40. The Morgan fingerprint density at radius 3 is 2.70 bits per heavy atom. The normalized spacial score (nSPS) is 11.1. The molecule has 27 heavy (non-hydrogen) atoms. The van der Waals surface area contributed by atoms with Crippen molar-refractivity contribution in [2.24, 2.45) is 0 Å². The van der Waals surface area contributed by atoms with Crippen LogP contribution in [-0.4, -0.2) is 32.1 Å². The molecule has 1 amide bonds. The Morgan fingerprint density at radius 1 is 1.22 bits per heavy atom. The molecule has 0 unspecified atom stereocenters. The molecule has 7 nitrogen and oxygen atoms in total. The zero-order valence-corrected chi connectivity index (χ0v) is 16.0. The van der Waals surface area contributed by atoms with Crippen molar-refractivity contribution in [1.29, 1.82) is 0 Å². The summed E-state index contributed by atoms with van der Waals surface area (Å²) in [7, 11) is 0. The summed E-state index contributed by atoms with van der Waals surface area (Å²) in [5, 5.41) is 7.47. The number of pyridine rings is 1. The number of carbonyl (C=O) groups is 1. The van der Waals surface area contributed by atoms with Crippen molar-refractivity contribution in [3.05, 3.63) is 65.6 Å². The maximum atomic E-state index is 12.7. The molecule has 0 saturated carbocycles. The SMILES string of the molecule is CCn1nc(C)c(NC(=O)CN(Cc2ccccn2)Cc2ccco2)c1C. The molecule has 3 rings (SSSR count). The fourth-order valence-corrected chi connectivity index (χ4v) is 3.08. The molecule has 0 atom stereocenters. The molecule has 0 radical (unpaired) electrons. The number of anilines is 1. The van der Waals surface area contributed by atoms with E-state index in [0.29, 0.717) is 13.1 Å². The second-order valence-corrected chi connectivity index (χ2v) is 6.46. The van der Waals surface area contributed by atoms with Gasteiger partial charge in [-0.25, -0.2) is 0 Å². The summed E-state index contributed by atoms with van der Waals surface area (Å²) in [6.45, 7) is 7.99. The Kier molecular flexibility index (Phi) is 6.03. The summed E-state index contributed by atoms with van der Waals surface area (Å²) >= 11 is 0. The van der Waals surface area contributed by atoms with E-state index in [1.165, 1.54) is 0 Å². The number of nitrogens with zero attached hydrogens (tertiary/aromatic N) is 4. The van der Waals surface area contributed by atoms with E-state index in [4.69, 9.17) is 4.42 Å². The number of aromatic nitrogens is 3. The van der Waals surface area contributed by atoms with Gasteiger partial charge in [0, 0.05) is 19.3 Å². The number of aryl methyl sites for hydroxylation is 2. The van der Waals surface area contributed by atoms with Crippen LogP contribution in [0.5, 0.6) is 0 Å². The van der Waals surface area contributed by atoms with Crippen LogP contribution in [0.1, 0.15) is 29.8 Å².